The van der Waals surface area contributed by atoms with E-state index in [4.69, 9.17) is 4.74 Å². The Morgan fingerprint density at radius 1 is 0.673 bits per heavy atom. The minimum Gasteiger partial charge on any atom is -0.445 e. The molecule has 4 rings (SSSR count). The second kappa shape index (κ2) is 19.8. The van der Waals surface area contributed by atoms with Crippen molar-refractivity contribution in [3.8, 4) is 0 Å². The number of carbonyl (C=O) groups excluding carboxylic acids is 4. The molecule has 0 radical (unpaired) electrons. The zero-order valence-electron chi connectivity index (χ0n) is 30.1. The summed E-state index contributed by atoms with van der Waals surface area (Å²) in [5.41, 5.74) is 2.50. The number of hydrogen-bond donors (Lipinski definition) is 5. The van der Waals surface area contributed by atoms with Crippen molar-refractivity contribution in [1.29, 1.82) is 0 Å². The molecule has 0 saturated carbocycles. The van der Waals surface area contributed by atoms with Gasteiger partial charge in [-0.2, -0.15) is 0 Å². The Labute approximate surface area is 305 Å². The number of nitrogens with zero attached hydrogens (tertiary/aromatic N) is 2. The maximum Gasteiger partial charge on any atom is 0.408 e. The summed E-state index contributed by atoms with van der Waals surface area (Å²) in [6, 6.07) is 24.3. The van der Waals surface area contributed by atoms with Crippen molar-refractivity contribution >= 4 is 23.8 Å². The van der Waals surface area contributed by atoms with Crippen molar-refractivity contribution < 1.29 is 29.0 Å². The Bertz CT molecular complexity index is 1690. The molecule has 0 aliphatic rings. The largest absolute Gasteiger partial charge is 0.445 e. The lowest BCUT2D eigenvalue weighted by Gasteiger charge is -2.34. The second-order valence-corrected chi connectivity index (χ2v) is 13.6. The average Bonchev–Trinajstić information content (AvgIpc) is 3.65. The van der Waals surface area contributed by atoms with Crippen LogP contribution in [0.4, 0.5) is 4.79 Å². The Hall–Kier alpha value is -5.49. The Kier molecular flexibility index (Phi) is 15.0. The van der Waals surface area contributed by atoms with Crippen LogP contribution in [-0.4, -0.2) is 68.7 Å². The third kappa shape index (κ3) is 12.4. The topological polar surface area (TPSA) is 164 Å². The molecule has 0 aliphatic carbocycles. The van der Waals surface area contributed by atoms with Crippen LogP contribution in [0.1, 0.15) is 44.4 Å². The summed E-state index contributed by atoms with van der Waals surface area (Å²) in [6.07, 6.45) is 3.17. The lowest BCUT2D eigenvalue weighted by atomic mass is 9.91. The van der Waals surface area contributed by atoms with E-state index >= 15 is 0 Å². The van der Waals surface area contributed by atoms with E-state index in [0.29, 0.717) is 0 Å². The quantitative estimate of drug-likeness (QED) is 0.105. The Balaban J connectivity index is 1.56. The van der Waals surface area contributed by atoms with Crippen LogP contribution in [0.5, 0.6) is 0 Å². The fourth-order valence-electron chi connectivity index (χ4n) is 5.80. The number of ether oxygens (including phenoxy) is 1. The molecule has 276 valence electrons. The molecule has 1 aromatic heterocycles. The molecule has 0 fully saturated rings. The van der Waals surface area contributed by atoms with Gasteiger partial charge in [-0.05, 0) is 41.4 Å². The first-order valence-electron chi connectivity index (χ1n) is 17.6. The molecule has 0 aliphatic heterocycles. The zero-order valence-corrected chi connectivity index (χ0v) is 30.1. The van der Waals surface area contributed by atoms with E-state index in [-0.39, 0.29) is 43.7 Å². The summed E-state index contributed by atoms with van der Waals surface area (Å²) in [7, 11) is 0. The summed E-state index contributed by atoms with van der Waals surface area (Å²) in [5.74, 6) is -1.95. The lowest BCUT2D eigenvalue weighted by molar-refractivity contribution is -0.131. The highest BCUT2D eigenvalue weighted by molar-refractivity contribution is 5.88. The number of rotatable bonds is 18. The van der Waals surface area contributed by atoms with E-state index in [1.165, 1.54) is 6.33 Å². The van der Waals surface area contributed by atoms with E-state index in [1.54, 1.807) is 30.8 Å². The normalized spacial score (nSPS) is 14.1. The van der Waals surface area contributed by atoms with Crippen LogP contribution in [0.15, 0.2) is 110 Å². The van der Waals surface area contributed by atoms with Gasteiger partial charge < -0.3 is 35.7 Å². The predicted octanol–water partition coefficient (Wildman–Crippen LogP) is 3.79. The molecule has 1 unspecified atom stereocenters. The molecule has 5 N–H and O–H groups in total. The van der Waals surface area contributed by atoms with Crippen molar-refractivity contribution in [2.45, 2.75) is 84.0 Å². The number of carbonyl (C=O) groups is 4. The first-order chi connectivity index (χ1) is 25.0. The Morgan fingerprint density at radius 2 is 1.13 bits per heavy atom. The van der Waals surface area contributed by atoms with Crippen LogP contribution in [0.3, 0.4) is 0 Å². The molecule has 0 spiro atoms. The monoisotopic (exact) mass is 710 g/mol. The highest BCUT2D eigenvalue weighted by Crippen LogP contribution is 2.16. The SMILES string of the molecule is CC(C)[C@H](NC(=O)Cn1ccnc1)C(=O)N[C@@H](Cc1ccccc1)C(O)[C@H](Cc1ccccc1)NC(=O)[C@@H](NC(=O)OCc1ccccc1)C(C)C. The fraction of sp³-hybridized carbons (Fsp3) is 0.375. The van der Waals surface area contributed by atoms with Crippen LogP contribution in [0, 0.1) is 11.8 Å². The van der Waals surface area contributed by atoms with Crippen molar-refractivity contribution in [1.82, 2.24) is 30.8 Å². The number of amides is 4. The maximum atomic E-state index is 13.9. The number of imidazole rings is 1. The van der Waals surface area contributed by atoms with E-state index in [0.717, 1.165) is 16.7 Å². The van der Waals surface area contributed by atoms with Crippen LogP contribution in [0.2, 0.25) is 0 Å². The van der Waals surface area contributed by atoms with Crippen molar-refractivity contribution in [3.05, 3.63) is 126 Å². The van der Waals surface area contributed by atoms with Gasteiger partial charge >= 0.3 is 6.09 Å². The van der Waals surface area contributed by atoms with Crippen LogP contribution >= 0.6 is 0 Å². The van der Waals surface area contributed by atoms with Gasteiger partial charge in [-0.25, -0.2) is 9.78 Å². The van der Waals surface area contributed by atoms with Crippen molar-refractivity contribution in [2.75, 3.05) is 0 Å². The molecule has 5 atom stereocenters. The number of benzene rings is 3. The molecule has 0 bridgehead atoms. The van der Waals surface area contributed by atoms with Crippen LogP contribution < -0.4 is 21.3 Å². The third-order valence-corrected chi connectivity index (χ3v) is 8.66. The first kappa shape index (κ1) is 39.3. The van der Waals surface area contributed by atoms with Gasteiger partial charge in [-0.1, -0.05) is 119 Å². The summed E-state index contributed by atoms with van der Waals surface area (Å²) in [4.78, 5) is 57.5. The Morgan fingerprint density at radius 3 is 1.58 bits per heavy atom. The standard InChI is InChI=1S/C40H50N6O6/c1-27(2)35(44-34(47)24-46-21-20-41-26-46)38(49)42-32(22-29-14-8-5-9-15-29)37(48)33(23-30-16-10-6-11-17-30)43-39(50)36(28(3)4)45-40(51)52-25-31-18-12-7-13-19-31/h5-21,26-28,32-33,35-37,48H,22-25H2,1-4H3,(H,42,49)(H,43,50)(H,44,47)(H,45,51)/t32-,33-,35-,36-,37?/m0/s1. The molecule has 12 heteroatoms. The van der Waals surface area contributed by atoms with Gasteiger partial charge in [-0.15, -0.1) is 0 Å². The number of alkyl carbamates (subject to hydrolysis) is 1. The number of aromatic nitrogens is 2. The first-order valence-corrected chi connectivity index (χ1v) is 17.6. The van der Waals surface area contributed by atoms with E-state index in [1.807, 2.05) is 105 Å². The molecule has 52 heavy (non-hydrogen) atoms. The lowest BCUT2D eigenvalue weighted by Crippen LogP contribution is -2.61. The highest BCUT2D eigenvalue weighted by Gasteiger charge is 2.35. The predicted molar refractivity (Wildman–Crippen MR) is 198 cm³/mol. The molecule has 4 amide bonds. The molecular formula is C40H50N6O6. The minimum atomic E-state index is -1.29. The molecule has 4 aromatic rings. The zero-order chi connectivity index (χ0) is 37.5. The smallest absolute Gasteiger partial charge is 0.408 e. The van der Waals surface area contributed by atoms with Gasteiger partial charge in [0, 0.05) is 12.4 Å². The number of aliphatic hydroxyl groups is 1. The molecule has 1 heterocycles. The molecular weight excluding hydrogens is 660 g/mol. The van der Waals surface area contributed by atoms with Gasteiger partial charge in [0.25, 0.3) is 0 Å². The van der Waals surface area contributed by atoms with Crippen LogP contribution in [-0.2, 0) is 45.1 Å². The van der Waals surface area contributed by atoms with Crippen molar-refractivity contribution in [3.63, 3.8) is 0 Å². The van der Waals surface area contributed by atoms with E-state index in [9.17, 15) is 24.3 Å². The number of hydrogen-bond acceptors (Lipinski definition) is 7. The number of aliphatic hydroxyl groups excluding tert-OH is 1. The highest BCUT2D eigenvalue weighted by atomic mass is 16.5. The van der Waals surface area contributed by atoms with E-state index < -0.39 is 48.2 Å². The summed E-state index contributed by atoms with van der Waals surface area (Å²) in [5, 5.41) is 23.6. The minimum absolute atomic E-state index is 0.0113. The van der Waals surface area contributed by atoms with Gasteiger partial charge in [0.2, 0.25) is 17.7 Å². The fourth-order valence-corrected chi connectivity index (χ4v) is 5.80. The van der Waals surface area contributed by atoms with E-state index in [2.05, 4.69) is 26.3 Å². The average molecular weight is 711 g/mol. The van der Waals surface area contributed by atoms with Gasteiger partial charge in [0.15, 0.2) is 0 Å². The van der Waals surface area contributed by atoms with Crippen molar-refractivity contribution in [2.24, 2.45) is 11.8 Å². The molecule has 12 nitrogen and oxygen atoms in total. The summed E-state index contributed by atoms with van der Waals surface area (Å²) < 4.78 is 7.00. The van der Waals surface area contributed by atoms with Crippen LogP contribution in [0.25, 0.3) is 0 Å². The molecule has 0 saturated heterocycles. The van der Waals surface area contributed by atoms with Gasteiger partial charge in [-0.3, -0.25) is 14.4 Å². The third-order valence-electron chi connectivity index (χ3n) is 8.66. The van der Waals surface area contributed by atoms with Gasteiger partial charge in [0.05, 0.1) is 24.5 Å². The molecule has 3 aromatic carbocycles. The second-order valence-electron chi connectivity index (χ2n) is 13.6. The maximum absolute atomic E-state index is 13.9. The number of nitrogens with one attached hydrogen (secondary N) is 4. The van der Waals surface area contributed by atoms with Gasteiger partial charge in [0.1, 0.15) is 25.2 Å². The summed E-state index contributed by atoms with van der Waals surface area (Å²) >= 11 is 0. The summed E-state index contributed by atoms with van der Waals surface area (Å²) in [6.45, 7) is 7.28.